The third-order valence-corrected chi connectivity index (χ3v) is 3.93. The lowest BCUT2D eigenvalue weighted by Crippen LogP contribution is -2.21. The highest BCUT2D eigenvalue weighted by Crippen LogP contribution is 2.27. The second-order valence-corrected chi connectivity index (χ2v) is 4.75. The lowest BCUT2D eigenvalue weighted by Gasteiger charge is -2.20. The average molecular weight is 202 g/mol. The van der Waals surface area contributed by atoms with E-state index in [1.54, 1.807) is 5.56 Å². The molecule has 15 heavy (non-hydrogen) atoms. The maximum Gasteiger partial charge on any atom is 0.171 e. The van der Waals surface area contributed by atoms with Crippen LogP contribution >= 0.6 is 0 Å². The molecule has 1 heterocycles. The van der Waals surface area contributed by atoms with E-state index in [2.05, 4.69) is 45.5 Å². The third kappa shape index (κ3) is 1.50. The van der Waals surface area contributed by atoms with Crippen LogP contribution in [0.5, 0.6) is 0 Å². The molecule has 1 aromatic rings. The predicted octanol–water partition coefficient (Wildman–Crippen LogP) is 2.54. The summed E-state index contributed by atoms with van der Waals surface area (Å²) in [6, 6.07) is 0. The Labute approximate surface area is 92.5 Å². The van der Waals surface area contributed by atoms with Gasteiger partial charge in [-0.1, -0.05) is 0 Å². The van der Waals surface area contributed by atoms with E-state index in [1.165, 1.54) is 34.2 Å². The zero-order chi connectivity index (χ0) is 11.2. The van der Waals surface area contributed by atoms with Gasteiger partial charge in [0.05, 0.1) is 0 Å². The quantitative estimate of drug-likeness (QED) is 0.569. The van der Waals surface area contributed by atoms with Crippen LogP contribution < -0.4 is 0 Å². The van der Waals surface area contributed by atoms with Crippen molar-refractivity contribution in [3.05, 3.63) is 33.4 Å². The Morgan fingerprint density at radius 3 is 2.20 bits per heavy atom. The van der Waals surface area contributed by atoms with Crippen molar-refractivity contribution in [1.29, 1.82) is 0 Å². The van der Waals surface area contributed by atoms with Crippen molar-refractivity contribution in [3.8, 4) is 0 Å². The lowest BCUT2D eigenvalue weighted by molar-refractivity contribution is -0.493. The molecule has 1 nitrogen and oxygen atoms in total. The molecule has 0 N–H and O–H groups in total. The van der Waals surface area contributed by atoms with E-state index >= 15 is 0 Å². The van der Waals surface area contributed by atoms with Crippen LogP contribution in [0, 0.1) is 27.7 Å². The van der Waals surface area contributed by atoms with Crippen LogP contribution in [0.25, 0.3) is 0 Å². The van der Waals surface area contributed by atoms with Crippen LogP contribution in [0.2, 0.25) is 0 Å². The van der Waals surface area contributed by atoms with Gasteiger partial charge in [0.1, 0.15) is 13.6 Å². The molecule has 0 amide bonds. The molecular formula is C14H20N+. The summed E-state index contributed by atoms with van der Waals surface area (Å²) in [5, 5.41) is 0. The Morgan fingerprint density at radius 1 is 0.933 bits per heavy atom. The van der Waals surface area contributed by atoms with E-state index in [9.17, 15) is 0 Å². The molecule has 0 unspecified atom stereocenters. The van der Waals surface area contributed by atoms with Gasteiger partial charge in [-0.3, -0.25) is 0 Å². The molecule has 1 heteroatoms. The van der Waals surface area contributed by atoms with Crippen molar-refractivity contribution in [2.45, 2.75) is 34.1 Å². The first kappa shape index (κ1) is 10.4. The Bertz CT molecular complexity index is 453. The minimum atomic E-state index is 1.15. The van der Waals surface area contributed by atoms with Crippen molar-refractivity contribution in [1.82, 2.24) is 0 Å². The second kappa shape index (κ2) is 3.48. The van der Waals surface area contributed by atoms with Crippen LogP contribution in [0.1, 0.15) is 33.4 Å². The van der Waals surface area contributed by atoms with Gasteiger partial charge >= 0.3 is 0 Å². The van der Waals surface area contributed by atoms with Gasteiger partial charge in [-0.25, -0.2) is 4.58 Å². The van der Waals surface area contributed by atoms with Crippen LogP contribution in [-0.4, -0.2) is 24.4 Å². The highest BCUT2D eigenvalue weighted by atomic mass is 15.0. The van der Waals surface area contributed by atoms with Crippen LogP contribution in [0.4, 0.5) is 0 Å². The molecule has 1 aliphatic rings. The van der Waals surface area contributed by atoms with Gasteiger partial charge in [0, 0.05) is 12.0 Å². The van der Waals surface area contributed by atoms with Gasteiger partial charge in [-0.15, -0.1) is 0 Å². The number of benzene rings is 1. The molecule has 0 saturated heterocycles. The molecule has 0 bridgehead atoms. The summed E-state index contributed by atoms with van der Waals surface area (Å²) in [6.07, 6.45) is 3.49. The molecular weight excluding hydrogens is 182 g/mol. The monoisotopic (exact) mass is 202 g/mol. The summed E-state index contributed by atoms with van der Waals surface area (Å²) >= 11 is 0. The van der Waals surface area contributed by atoms with Crippen molar-refractivity contribution in [2.24, 2.45) is 0 Å². The van der Waals surface area contributed by atoms with E-state index < -0.39 is 0 Å². The normalized spacial score (nSPS) is 14.9. The van der Waals surface area contributed by atoms with Gasteiger partial charge in [-0.2, -0.15) is 0 Å². The molecule has 1 aliphatic heterocycles. The largest absolute Gasteiger partial charge is 0.238 e. The van der Waals surface area contributed by atoms with Crippen LogP contribution in [-0.2, 0) is 6.42 Å². The molecule has 80 valence electrons. The number of hydrogen-bond acceptors (Lipinski definition) is 0. The van der Waals surface area contributed by atoms with Crippen molar-refractivity contribution >= 4 is 6.21 Å². The number of fused-ring (bicyclic) bond motifs is 1. The van der Waals surface area contributed by atoms with Crippen molar-refractivity contribution in [2.75, 3.05) is 13.6 Å². The van der Waals surface area contributed by atoms with E-state index in [-0.39, 0.29) is 0 Å². The summed E-state index contributed by atoms with van der Waals surface area (Å²) in [6.45, 7) is 10.1. The molecule has 1 aromatic carbocycles. The first-order valence-electron chi connectivity index (χ1n) is 5.66. The number of hydrogen-bond donors (Lipinski definition) is 0. The number of nitrogens with zero attached hydrogens (tertiary/aromatic N) is 1. The van der Waals surface area contributed by atoms with E-state index in [0.717, 1.165) is 6.54 Å². The first-order valence-corrected chi connectivity index (χ1v) is 5.66. The topological polar surface area (TPSA) is 3.01 Å². The SMILES string of the molecule is Cc1c(C)c(C)c2c(c1C)C=[N+](C)CC2. The van der Waals surface area contributed by atoms with E-state index in [4.69, 9.17) is 0 Å². The van der Waals surface area contributed by atoms with Gasteiger partial charge in [-0.05, 0) is 55.5 Å². The minimum absolute atomic E-state index is 1.15. The highest BCUT2D eigenvalue weighted by Gasteiger charge is 2.20. The average Bonchev–Trinajstić information content (AvgIpc) is 2.23. The fourth-order valence-corrected chi connectivity index (χ4v) is 2.49. The fraction of sp³-hybridized carbons (Fsp3) is 0.500. The number of rotatable bonds is 0. The Balaban J connectivity index is 2.78. The van der Waals surface area contributed by atoms with E-state index in [0.29, 0.717) is 0 Å². The molecule has 0 spiro atoms. The van der Waals surface area contributed by atoms with Crippen molar-refractivity contribution in [3.63, 3.8) is 0 Å². The number of likely N-dealkylation sites (N-methyl/N-ethyl adjacent to an activating group) is 1. The lowest BCUT2D eigenvalue weighted by atomic mass is 9.87. The summed E-state index contributed by atoms with van der Waals surface area (Å²) in [5.74, 6) is 0. The van der Waals surface area contributed by atoms with Crippen LogP contribution in [0.15, 0.2) is 0 Å². The van der Waals surface area contributed by atoms with Gasteiger partial charge in [0.2, 0.25) is 0 Å². The molecule has 0 radical (unpaired) electrons. The van der Waals surface area contributed by atoms with Gasteiger partial charge in [0.15, 0.2) is 6.21 Å². The highest BCUT2D eigenvalue weighted by molar-refractivity contribution is 5.83. The van der Waals surface area contributed by atoms with Crippen molar-refractivity contribution < 1.29 is 4.58 Å². The van der Waals surface area contributed by atoms with E-state index in [1.807, 2.05) is 0 Å². The zero-order valence-electron chi connectivity index (χ0n) is 10.4. The molecule has 0 aromatic heterocycles. The summed E-state index contributed by atoms with van der Waals surface area (Å²) in [4.78, 5) is 0. The standard InChI is InChI=1S/C14H20N/c1-9-10(2)12(4)14-8-15(5)7-6-13(14)11(9)3/h8H,6-7H2,1-5H3/q+1. The second-order valence-electron chi connectivity index (χ2n) is 4.75. The molecule has 0 saturated carbocycles. The smallest absolute Gasteiger partial charge is 0.171 e. The molecule has 2 rings (SSSR count). The maximum absolute atomic E-state index is 2.30. The molecule has 0 atom stereocenters. The Morgan fingerprint density at radius 2 is 1.53 bits per heavy atom. The third-order valence-electron chi connectivity index (χ3n) is 3.93. The summed E-state index contributed by atoms with van der Waals surface area (Å²) in [5.41, 5.74) is 8.91. The zero-order valence-corrected chi connectivity index (χ0v) is 10.4. The maximum atomic E-state index is 2.30. The summed E-state index contributed by atoms with van der Waals surface area (Å²) < 4.78 is 2.30. The minimum Gasteiger partial charge on any atom is -0.238 e. The summed E-state index contributed by atoms with van der Waals surface area (Å²) in [7, 11) is 2.16. The Hall–Kier alpha value is -1.11. The van der Waals surface area contributed by atoms with Crippen LogP contribution in [0.3, 0.4) is 0 Å². The Kier molecular flexibility index (Phi) is 2.41. The van der Waals surface area contributed by atoms with Gasteiger partial charge in [0.25, 0.3) is 0 Å². The fourth-order valence-electron chi connectivity index (χ4n) is 2.49. The molecule has 0 aliphatic carbocycles. The predicted molar refractivity (Wildman–Crippen MR) is 65.3 cm³/mol. The first-order chi connectivity index (χ1) is 7.02. The molecule has 0 fully saturated rings. The van der Waals surface area contributed by atoms with Gasteiger partial charge < -0.3 is 0 Å².